The normalized spacial score (nSPS) is 18.0. The van der Waals surface area contributed by atoms with Gasteiger partial charge in [0.1, 0.15) is 18.9 Å². The van der Waals surface area contributed by atoms with Gasteiger partial charge in [0, 0.05) is 38.3 Å². The lowest BCUT2D eigenvalue weighted by Gasteiger charge is -2.31. The third-order valence-corrected chi connectivity index (χ3v) is 5.43. The van der Waals surface area contributed by atoms with Crippen LogP contribution in [0.2, 0.25) is 0 Å². The highest BCUT2D eigenvalue weighted by Gasteiger charge is 2.28. The summed E-state index contributed by atoms with van der Waals surface area (Å²) >= 11 is 0. The van der Waals surface area contributed by atoms with E-state index in [9.17, 15) is 4.39 Å². The van der Waals surface area contributed by atoms with Crippen LogP contribution in [0.1, 0.15) is 6.42 Å². The first-order valence-electron chi connectivity index (χ1n) is 10.0. The Morgan fingerprint density at radius 2 is 2.13 bits per heavy atom. The van der Waals surface area contributed by atoms with E-state index in [1.165, 1.54) is 13.2 Å². The van der Waals surface area contributed by atoms with Gasteiger partial charge in [-0.25, -0.2) is 19.3 Å². The average molecular weight is 425 g/mol. The van der Waals surface area contributed by atoms with E-state index in [-0.39, 0.29) is 12.0 Å². The number of halogens is 1. The second-order valence-electron chi connectivity index (χ2n) is 7.43. The zero-order chi connectivity index (χ0) is 21.4. The van der Waals surface area contributed by atoms with Crippen LogP contribution in [0, 0.1) is 12.0 Å². The average Bonchev–Trinajstić information content (AvgIpc) is 3.41. The summed E-state index contributed by atoms with van der Waals surface area (Å²) in [5.41, 5.74) is 1.37. The first kappa shape index (κ1) is 19.4. The van der Waals surface area contributed by atoms with Crippen LogP contribution in [0.4, 0.5) is 21.7 Å². The predicted octanol–water partition coefficient (Wildman–Crippen LogP) is 2.35. The number of imidazole rings is 1. The van der Waals surface area contributed by atoms with Crippen molar-refractivity contribution >= 4 is 17.3 Å². The zero-order valence-corrected chi connectivity index (χ0v) is 17.3. The number of aryl methyl sites for hydroxylation is 1. The maximum Gasteiger partial charge on any atom is 0.250 e. The van der Waals surface area contributed by atoms with Crippen molar-refractivity contribution in [2.75, 3.05) is 43.2 Å². The smallest absolute Gasteiger partial charge is 0.250 e. The highest BCUT2D eigenvalue weighted by Crippen LogP contribution is 2.38. The minimum absolute atomic E-state index is 0.0136. The minimum Gasteiger partial charge on any atom is -0.488 e. The number of fused-ring (bicyclic) bond motifs is 1. The lowest BCUT2D eigenvalue weighted by atomic mass is 10.2. The summed E-state index contributed by atoms with van der Waals surface area (Å²) in [4.78, 5) is 16.8. The molecule has 0 saturated carbocycles. The van der Waals surface area contributed by atoms with Crippen LogP contribution >= 0.6 is 0 Å². The van der Waals surface area contributed by atoms with E-state index in [2.05, 4.69) is 26.0 Å². The summed E-state index contributed by atoms with van der Waals surface area (Å²) < 4.78 is 33.0. The van der Waals surface area contributed by atoms with Gasteiger partial charge in [-0.1, -0.05) is 0 Å². The van der Waals surface area contributed by atoms with Crippen LogP contribution in [0.3, 0.4) is 0 Å². The summed E-state index contributed by atoms with van der Waals surface area (Å²) in [6, 6.07) is 3.23. The Hall–Kier alpha value is -3.56. The lowest BCUT2D eigenvalue weighted by Crippen LogP contribution is -2.29. The second kappa shape index (κ2) is 7.93. The topological polar surface area (TPSA) is 77.8 Å². The summed E-state index contributed by atoms with van der Waals surface area (Å²) in [5.74, 6) is 1.43. The Morgan fingerprint density at radius 1 is 1.23 bits per heavy atom. The molecule has 2 aliphatic rings. The largest absolute Gasteiger partial charge is 0.488 e. The molecular weight excluding hydrogens is 403 g/mol. The Bertz CT molecular complexity index is 1090. The molecule has 31 heavy (non-hydrogen) atoms. The number of nitrogens with zero attached hydrogens (tertiary/aromatic N) is 6. The van der Waals surface area contributed by atoms with Gasteiger partial charge in [-0.3, -0.25) is 0 Å². The molecule has 5 heterocycles. The molecule has 2 aliphatic heterocycles. The Kier molecular flexibility index (Phi) is 4.97. The van der Waals surface area contributed by atoms with Crippen molar-refractivity contribution in [3.8, 4) is 17.5 Å². The molecule has 0 unspecified atom stereocenters. The highest BCUT2D eigenvalue weighted by molar-refractivity contribution is 5.70. The lowest BCUT2D eigenvalue weighted by molar-refractivity contribution is 0.214. The molecule has 5 rings (SSSR count). The van der Waals surface area contributed by atoms with Gasteiger partial charge in [-0.05, 0) is 0 Å². The fourth-order valence-electron chi connectivity index (χ4n) is 3.93. The fourth-order valence-corrected chi connectivity index (χ4v) is 3.93. The number of methoxy groups -OCH3 is 1. The number of ether oxygens (including phenoxy) is 3. The summed E-state index contributed by atoms with van der Waals surface area (Å²) in [6.45, 7) is 2.57. The molecule has 3 aromatic rings. The summed E-state index contributed by atoms with van der Waals surface area (Å²) in [7, 11) is 3.34. The molecular formula is C21H22FN6O3. The first-order valence-corrected chi connectivity index (χ1v) is 10.0. The molecule has 0 spiro atoms. The van der Waals surface area contributed by atoms with Crippen LogP contribution in [0.25, 0.3) is 0 Å². The van der Waals surface area contributed by atoms with E-state index >= 15 is 0 Å². The first-order chi connectivity index (χ1) is 15.1. The molecule has 161 valence electrons. The van der Waals surface area contributed by atoms with Crippen molar-refractivity contribution in [2.45, 2.75) is 12.5 Å². The highest BCUT2D eigenvalue weighted by atomic mass is 19.1. The zero-order valence-electron chi connectivity index (χ0n) is 17.3. The van der Waals surface area contributed by atoms with Crippen LogP contribution < -0.4 is 24.0 Å². The fraction of sp³-hybridized carbons (Fsp3) is 0.381. The number of anilines is 3. The van der Waals surface area contributed by atoms with Gasteiger partial charge in [0.2, 0.25) is 17.7 Å². The number of hydrogen-bond acceptors (Lipinski definition) is 8. The van der Waals surface area contributed by atoms with Crippen molar-refractivity contribution in [1.82, 2.24) is 19.5 Å². The molecule has 1 fully saturated rings. The number of rotatable bonds is 5. The number of hydrogen-bond donors (Lipinski definition) is 0. The van der Waals surface area contributed by atoms with E-state index in [4.69, 9.17) is 14.2 Å². The van der Waals surface area contributed by atoms with Crippen LogP contribution in [0.5, 0.6) is 17.5 Å². The van der Waals surface area contributed by atoms with Crippen molar-refractivity contribution in [3.63, 3.8) is 0 Å². The molecule has 0 aliphatic carbocycles. The van der Waals surface area contributed by atoms with Crippen molar-refractivity contribution in [3.05, 3.63) is 42.7 Å². The van der Waals surface area contributed by atoms with Gasteiger partial charge in [0.25, 0.3) is 0 Å². The number of aromatic nitrogens is 4. The van der Waals surface area contributed by atoms with Crippen molar-refractivity contribution in [1.29, 1.82) is 0 Å². The molecule has 1 atom stereocenters. The number of pyridine rings is 2. The Labute approximate surface area is 179 Å². The second-order valence-corrected chi connectivity index (χ2v) is 7.43. The SMILES string of the molecule is COc1ncc(N2CCOc3cnc(O[C@H]4CCN(c5n[c]cn5C)C4)cc32)cc1F. The van der Waals surface area contributed by atoms with Crippen LogP contribution in [0.15, 0.2) is 30.7 Å². The molecule has 0 bridgehead atoms. The molecule has 3 aromatic heterocycles. The standard InChI is InChI=1S/C21H22FN6O3/c1-26-6-4-23-21(26)27-5-3-15(13-27)31-19-10-17-18(12-24-19)30-8-7-28(17)14-9-16(22)20(29-2)25-11-14/h6,9-12,15H,3,5,7-8,13H2,1-2H3/t15-/m0/s1. The van der Waals surface area contributed by atoms with E-state index in [0.717, 1.165) is 24.6 Å². The molecule has 0 aromatic carbocycles. The molecule has 9 nitrogen and oxygen atoms in total. The van der Waals surface area contributed by atoms with Gasteiger partial charge in [0.15, 0.2) is 11.6 Å². The van der Waals surface area contributed by atoms with E-state index < -0.39 is 5.82 Å². The third-order valence-electron chi connectivity index (χ3n) is 5.43. The summed E-state index contributed by atoms with van der Waals surface area (Å²) in [5, 5.41) is 0. The quantitative estimate of drug-likeness (QED) is 0.617. The van der Waals surface area contributed by atoms with E-state index in [1.54, 1.807) is 18.6 Å². The van der Waals surface area contributed by atoms with Crippen molar-refractivity contribution < 1.29 is 18.6 Å². The van der Waals surface area contributed by atoms with Crippen molar-refractivity contribution in [2.24, 2.45) is 7.05 Å². The van der Waals surface area contributed by atoms with E-state index in [1.807, 2.05) is 22.6 Å². The van der Waals surface area contributed by atoms with Crippen LogP contribution in [-0.2, 0) is 7.05 Å². The molecule has 10 heteroatoms. The minimum atomic E-state index is -0.517. The molecule has 0 N–H and O–H groups in total. The molecule has 1 radical (unpaired) electrons. The molecule has 1 saturated heterocycles. The van der Waals surface area contributed by atoms with Gasteiger partial charge in [-0.15, -0.1) is 0 Å². The molecule has 0 amide bonds. The van der Waals surface area contributed by atoms with Crippen LogP contribution in [-0.4, -0.2) is 59.0 Å². The third kappa shape index (κ3) is 3.69. The maximum atomic E-state index is 14.2. The monoisotopic (exact) mass is 425 g/mol. The van der Waals surface area contributed by atoms with E-state index in [0.29, 0.717) is 37.0 Å². The van der Waals surface area contributed by atoms with Gasteiger partial charge in [-0.2, -0.15) is 0 Å². The Balaban J connectivity index is 1.35. The maximum absolute atomic E-state index is 14.2. The predicted molar refractivity (Wildman–Crippen MR) is 111 cm³/mol. The van der Waals surface area contributed by atoms with Gasteiger partial charge >= 0.3 is 0 Å². The Morgan fingerprint density at radius 3 is 2.90 bits per heavy atom. The summed E-state index contributed by atoms with van der Waals surface area (Å²) in [6.07, 6.45) is 8.74. The van der Waals surface area contributed by atoms with Gasteiger partial charge in [0.05, 0.1) is 44.0 Å². The van der Waals surface area contributed by atoms with Gasteiger partial charge < -0.3 is 28.6 Å².